The second kappa shape index (κ2) is 6.43. The number of hydrogen-bond acceptors (Lipinski definition) is 3. The van der Waals surface area contributed by atoms with Crippen LogP contribution < -0.4 is 10.1 Å². The van der Waals surface area contributed by atoms with E-state index < -0.39 is 0 Å². The molecule has 3 nitrogen and oxygen atoms in total. The van der Waals surface area contributed by atoms with Gasteiger partial charge in [-0.15, -0.1) is 0 Å². The maximum absolute atomic E-state index is 13.8. The summed E-state index contributed by atoms with van der Waals surface area (Å²) in [6.45, 7) is 7.16. The summed E-state index contributed by atoms with van der Waals surface area (Å²) in [6.07, 6.45) is 2.53. The van der Waals surface area contributed by atoms with Gasteiger partial charge in [-0.05, 0) is 32.9 Å². The van der Waals surface area contributed by atoms with Crippen LogP contribution in [0.5, 0.6) is 5.88 Å². The summed E-state index contributed by atoms with van der Waals surface area (Å²) in [5.74, 6) is -0.273. The van der Waals surface area contributed by atoms with E-state index in [0.29, 0.717) is 12.1 Å². The lowest BCUT2D eigenvalue weighted by Gasteiger charge is -2.11. The van der Waals surface area contributed by atoms with Gasteiger partial charge in [0.2, 0.25) is 0 Å². The molecule has 16 heavy (non-hydrogen) atoms. The van der Waals surface area contributed by atoms with E-state index in [1.165, 1.54) is 0 Å². The molecule has 0 saturated heterocycles. The second-order valence-electron chi connectivity index (χ2n) is 3.93. The molecule has 0 bridgehead atoms. The van der Waals surface area contributed by atoms with Crippen molar-refractivity contribution in [3.8, 4) is 5.88 Å². The van der Waals surface area contributed by atoms with E-state index in [1.807, 2.05) is 13.8 Å². The molecular weight excluding hydrogens is 207 g/mol. The lowest BCUT2D eigenvalue weighted by Crippen LogP contribution is -2.16. The highest BCUT2D eigenvalue weighted by Crippen LogP contribution is 2.18. The zero-order valence-electron chi connectivity index (χ0n) is 10.1. The largest absolute Gasteiger partial charge is 0.473 e. The van der Waals surface area contributed by atoms with Gasteiger partial charge in [-0.2, -0.15) is 0 Å². The van der Waals surface area contributed by atoms with Crippen LogP contribution in [0.2, 0.25) is 0 Å². The highest BCUT2D eigenvalue weighted by molar-refractivity contribution is 5.23. The van der Waals surface area contributed by atoms with Gasteiger partial charge in [-0.3, -0.25) is 0 Å². The Morgan fingerprint density at radius 3 is 2.88 bits per heavy atom. The fraction of sp³-hybridized carbons (Fsp3) is 0.583. The Balaban J connectivity index is 2.70. The van der Waals surface area contributed by atoms with Crippen molar-refractivity contribution in [2.45, 2.75) is 39.8 Å². The fourth-order valence-electron chi connectivity index (χ4n) is 1.30. The monoisotopic (exact) mass is 226 g/mol. The Morgan fingerprint density at radius 2 is 2.25 bits per heavy atom. The zero-order valence-corrected chi connectivity index (χ0v) is 10.1. The van der Waals surface area contributed by atoms with Gasteiger partial charge >= 0.3 is 0 Å². The summed E-state index contributed by atoms with van der Waals surface area (Å²) in [7, 11) is 0. The Labute approximate surface area is 96.0 Å². The lowest BCUT2D eigenvalue weighted by molar-refractivity contribution is 0.220. The molecule has 0 aromatic carbocycles. The average molecular weight is 226 g/mol. The second-order valence-corrected chi connectivity index (χ2v) is 3.93. The summed E-state index contributed by atoms with van der Waals surface area (Å²) in [5.41, 5.74) is 0.596. The van der Waals surface area contributed by atoms with E-state index in [4.69, 9.17) is 4.74 Å². The minimum absolute atomic E-state index is 0.0687. The molecule has 90 valence electrons. The number of halogens is 1. The summed E-state index contributed by atoms with van der Waals surface area (Å²) >= 11 is 0. The molecule has 1 rings (SSSR count). The molecule has 0 aliphatic rings. The number of hydrogen-bond donors (Lipinski definition) is 1. The van der Waals surface area contributed by atoms with Crippen LogP contribution in [0.15, 0.2) is 12.3 Å². The number of rotatable bonds is 6. The van der Waals surface area contributed by atoms with Gasteiger partial charge in [-0.1, -0.05) is 6.92 Å². The van der Waals surface area contributed by atoms with E-state index in [1.54, 1.807) is 12.3 Å². The number of nitrogens with zero attached hydrogens (tertiary/aromatic N) is 1. The molecule has 0 fully saturated rings. The quantitative estimate of drug-likeness (QED) is 0.757. The van der Waals surface area contributed by atoms with E-state index in [9.17, 15) is 4.39 Å². The molecule has 0 amide bonds. The summed E-state index contributed by atoms with van der Waals surface area (Å²) in [4.78, 5) is 3.88. The number of ether oxygens (including phenoxy) is 1. The normalized spacial score (nSPS) is 10.8. The first kappa shape index (κ1) is 12.9. The molecule has 0 aliphatic heterocycles. The minimum atomic E-state index is -0.361. The predicted molar refractivity (Wildman–Crippen MR) is 62.0 cm³/mol. The maximum atomic E-state index is 13.8. The molecule has 0 saturated carbocycles. The van der Waals surface area contributed by atoms with Gasteiger partial charge in [-0.25, -0.2) is 9.37 Å². The third kappa shape index (κ3) is 3.77. The molecule has 1 aromatic heterocycles. The fourth-order valence-corrected chi connectivity index (χ4v) is 1.30. The first-order valence-corrected chi connectivity index (χ1v) is 5.66. The maximum Gasteiger partial charge on any atom is 0.250 e. The third-order valence-corrected chi connectivity index (χ3v) is 2.03. The molecule has 1 heterocycles. The van der Waals surface area contributed by atoms with Crippen LogP contribution in [0.1, 0.15) is 32.8 Å². The lowest BCUT2D eigenvalue weighted by atomic mass is 10.2. The van der Waals surface area contributed by atoms with Crippen molar-refractivity contribution in [3.05, 3.63) is 23.6 Å². The summed E-state index contributed by atoms with van der Waals surface area (Å²) in [5, 5.41) is 3.15. The van der Waals surface area contributed by atoms with Crippen molar-refractivity contribution in [2.24, 2.45) is 0 Å². The Hall–Kier alpha value is -1.16. The molecular formula is C12H19FN2O. The molecule has 0 spiro atoms. The van der Waals surface area contributed by atoms with Crippen LogP contribution in [-0.4, -0.2) is 17.6 Å². The standard InChI is InChI=1S/C12H19FN2O/c1-4-6-14-8-10-5-7-15-12(11(10)13)16-9(2)3/h5,7,9,14H,4,6,8H2,1-3H3. The van der Waals surface area contributed by atoms with Gasteiger partial charge in [0.05, 0.1) is 6.10 Å². The van der Waals surface area contributed by atoms with Gasteiger partial charge < -0.3 is 10.1 Å². The molecule has 0 unspecified atom stereocenters. The van der Waals surface area contributed by atoms with Crippen LogP contribution in [-0.2, 0) is 6.54 Å². The van der Waals surface area contributed by atoms with Crippen molar-refractivity contribution in [2.75, 3.05) is 6.54 Å². The SMILES string of the molecule is CCCNCc1ccnc(OC(C)C)c1F. The van der Waals surface area contributed by atoms with Crippen molar-refractivity contribution in [1.29, 1.82) is 0 Å². The molecule has 1 N–H and O–H groups in total. The number of pyridine rings is 1. The highest BCUT2D eigenvalue weighted by Gasteiger charge is 2.11. The van der Waals surface area contributed by atoms with Gasteiger partial charge in [0.15, 0.2) is 5.82 Å². The average Bonchev–Trinajstić information content (AvgIpc) is 2.23. The smallest absolute Gasteiger partial charge is 0.250 e. The van der Waals surface area contributed by atoms with Gasteiger partial charge in [0.25, 0.3) is 5.88 Å². The van der Waals surface area contributed by atoms with Crippen LogP contribution in [0.25, 0.3) is 0 Å². The Morgan fingerprint density at radius 1 is 1.50 bits per heavy atom. The van der Waals surface area contributed by atoms with E-state index in [2.05, 4.69) is 17.2 Å². The minimum Gasteiger partial charge on any atom is -0.473 e. The zero-order chi connectivity index (χ0) is 12.0. The molecule has 1 aromatic rings. The van der Waals surface area contributed by atoms with Crippen molar-refractivity contribution < 1.29 is 9.13 Å². The third-order valence-electron chi connectivity index (χ3n) is 2.03. The van der Waals surface area contributed by atoms with Crippen molar-refractivity contribution >= 4 is 0 Å². The van der Waals surface area contributed by atoms with Crippen LogP contribution in [0, 0.1) is 5.82 Å². The predicted octanol–water partition coefficient (Wildman–Crippen LogP) is 2.51. The topological polar surface area (TPSA) is 34.2 Å². The van der Waals surface area contributed by atoms with Crippen LogP contribution in [0.3, 0.4) is 0 Å². The highest BCUT2D eigenvalue weighted by atomic mass is 19.1. The Kier molecular flexibility index (Phi) is 5.19. The Bertz CT molecular complexity index is 329. The van der Waals surface area contributed by atoms with Crippen molar-refractivity contribution in [3.63, 3.8) is 0 Å². The molecule has 0 radical (unpaired) electrons. The molecule has 4 heteroatoms. The molecule has 0 atom stereocenters. The van der Waals surface area contributed by atoms with E-state index >= 15 is 0 Å². The van der Waals surface area contributed by atoms with Crippen molar-refractivity contribution in [1.82, 2.24) is 10.3 Å². The first-order valence-electron chi connectivity index (χ1n) is 5.66. The van der Waals surface area contributed by atoms with Crippen LogP contribution in [0.4, 0.5) is 4.39 Å². The molecule has 0 aliphatic carbocycles. The van der Waals surface area contributed by atoms with Crippen LogP contribution >= 0.6 is 0 Å². The van der Waals surface area contributed by atoms with E-state index in [-0.39, 0.29) is 17.8 Å². The summed E-state index contributed by atoms with van der Waals surface area (Å²) < 4.78 is 19.1. The summed E-state index contributed by atoms with van der Waals surface area (Å²) in [6, 6.07) is 1.67. The van der Waals surface area contributed by atoms with E-state index in [0.717, 1.165) is 13.0 Å². The van der Waals surface area contributed by atoms with Gasteiger partial charge in [0, 0.05) is 18.3 Å². The first-order chi connectivity index (χ1) is 7.65. The number of aromatic nitrogens is 1. The van der Waals surface area contributed by atoms with Gasteiger partial charge in [0.1, 0.15) is 0 Å². The number of nitrogens with one attached hydrogen (secondary N) is 1.